The highest BCUT2D eigenvalue weighted by Crippen LogP contribution is 2.33. The lowest BCUT2D eigenvalue weighted by Gasteiger charge is -2.36. The summed E-state index contributed by atoms with van der Waals surface area (Å²) in [5, 5.41) is 9.00. The van der Waals surface area contributed by atoms with Crippen LogP contribution in [0.4, 0.5) is 0 Å². The fourth-order valence-electron chi connectivity index (χ4n) is 1.68. The fraction of sp³-hybridized carbons (Fsp3) is 0.889. The van der Waals surface area contributed by atoms with E-state index >= 15 is 0 Å². The van der Waals surface area contributed by atoms with Crippen molar-refractivity contribution in [3.63, 3.8) is 0 Å². The quantitative estimate of drug-likeness (QED) is 0.610. The van der Waals surface area contributed by atoms with Gasteiger partial charge >= 0.3 is 0 Å². The first kappa shape index (κ1) is 8.97. The zero-order valence-electron chi connectivity index (χ0n) is 7.65. The number of β-amino-alcohol motifs (C(OH)–C–C–N with tert-alkyl or cyclic N) is 1. The van der Waals surface area contributed by atoms with Gasteiger partial charge in [0.15, 0.2) is 0 Å². The van der Waals surface area contributed by atoms with Crippen LogP contribution in [0, 0.1) is 5.92 Å². The fourth-order valence-corrected chi connectivity index (χ4v) is 1.68. The summed E-state index contributed by atoms with van der Waals surface area (Å²) in [6.45, 7) is 0.992. The molecule has 13 heavy (non-hydrogen) atoms. The maximum absolute atomic E-state index is 11.4. The molecule has 4 heteroatoms. The van der Waals surface area contributed by atoms with Crippen LogP contribution in [0.5, 0.6) is 0 Å². The van der Waals surface area contributed by atoms with Crippen molar-refractivity contribution < 1.29 is 9.90 Å². The van der Waals surface area contributed by atoms with Gasteiger partial charge in [0.25, 0.3) is 0 Å². The summed E-state index contributed by atoms with van der Waals surface area (Å²) in [4.78, 5) is 13.1. The third-order valence-electron chi connectivity index (χ3n) is 2.85. The average molecular weight is 184 g/mol. The molecule has 1 heterocycles. The van der Waals surface area contributed by atoms with E-state index in [1.165, 1.54) is 12.8 Å². The number of hydrogen-bond acceptors (Lipinski definition) is 3. The molecule has 0 aromatic rings. The molecule has 2 fully saturated rings. The molecule has 3 N–H and O–H groups in total. The minimum absolute atomic E-state index is 0.0465. The number of rotatable bonds is 3. The van der Waals surface area contributed by atoms with Crippen LogP contribution in [0.2, 0.25) is 0 Å². The lowest BCUT2D eigenvalue weighted by atomic mass is 10.1. The van der Waals surface area contributed by atoms with Crippen molar-refractivity contribution in [1.82, 2.24) is 4.90 Å². The molecule has 0 spiro atoms. The van der Waals surface area contributed by atoms with Crippen LogP contribution in [-0.2, 0) is 4.79 Å². The standard InChI is InChI=1S/C9H16N2O2/c10-8(6-1-2-6)3-9(13)11-4-7(12)5-11/h6-8,12H,1-5,10H2. The summed E-state index contributed by atoms with van der Waals surface area (Å²) >= 11 is 0. The summed E-state index contributed by atoms with van der Waals surface area (Å²) in [6, 6.07) is 0.0465. The SMILES string of the molecule is NC(CC(=O)N1CC(O)C1)C1CC1. The molecule has 2 aliphatic rings. The van der Waals surface area contributed by atoms with Crippen LogP contribution >= 0.6 is 0 Å². The van der Waals surface area contributed by atoms with Crippen molar-refractivity contribution >= 4 is 5.91 Å². The zero-order valence-corrected chi connectivity index (χ0v) is 7.65. The van der Waals surface area contributed by atoms with E-state index < -0.39 is 0 Å². The first-order valence-electron chi connectivity index (χ1n) is 4.88. The van der Waals surface area contributed by atoms with Gasteiger partial charge in [-0.1, -0.05) is 0 Å². The number of hydrogen-bond donors (Lipinski definition) is 2. The molecule has 1 atom stereocenters. The summed E-state index contributed by atoms with van der Waals surface area (Å²) in [6.07, 6.45) is 2.51. The van der Waals surface area contributed by atoms with E-state index in [2.05, 4.69) is 0 Å². The molecular weight excluding hydrogens is 168 g/mol. The van der Waals surface area contributed by atoms with Gasteiger partial charge in [-0.3, -0.25) is 4.79 Å². The van der Waals surface area contributed by atoms with Crippen LogP contribution in [0.15, 0.2) is 0 Å². The van der Waals surface area contributed by atoms with Gasteiger partial charge in [-0.2, -0.15) is 0 Å². The largest absolute Gasteiger partial charge is 0.389 e. The smallest absolute Gasteiger partial charge is 0.224 e. The summed E-state index contributed by atoms with van der Waals surface area (Å²) in [5.41, 5.74) is 5.82. The lowest BCUT2D eigenvalue weighted by molar-refractivity contribution is -0.141. The molecule has 1 unspecified atom stereocenters. The molecular formula is C9H16N2O2. The van der Waals surface area contributed by atoms with Gasteiger partial charge in [0, 0.05) is 25.6 Å². The number of carbonyl (C=O) groups is 1. The Balaban J connectivity index is 1.71. The maximum atomic E-state index is 11.4. The number of aliphatic hydroxyl groups is 1. The van der Waals surface area contributed by atoms with Gasteiger partial charge in [0.05, 0.1) is 6.10 Å². The van der Waals surface area contributed by atoms with E-state index in [1.54, 1.807) is 4.90 Å². The Morgan fingerprint density at radius 2 is 2.15 bits per heavy atom. The molecule has 0 bridgehead atoms. The summed E-state index contributed by atoms with van der Waals surface area (Å²) in [5.74, 6) is 0.680. The van der Waals surface area contributed by atoms with E-state index in [0.717, 1.165) is 0 Å². The number of carbonyl (C=O) groups excluding carboxylic acids is 1. The average Bonchev–Trinajstić information content (AvgIpc) is 2.80. The van der Waals surface area contributed by atoms with Gasteiger partial charge in [-0.25, -0.2) is 0 Å². The topological polar surface area (TPSA) is 66.6 Å². The highest BCUT2D eigenvalue weighted by molar-refractivity contribution is 5.77. The Morgan fingerprint density at radius 3 is 2.62 bits per heavy atom. The van der Waals surface area contributed by atoms with Crippen LogP contribution < -0.4 is 5.73 Å². The van der Waals surface area contributed by atoms with Crippen molar-refractivity contribution in [2.75, 3.05) is 13.1 Å². The first-order chi connectivity index (χ1) is 6.16. The van der Waals surface area contributed by atoms with Crippen LogP contribution in [0.1, 0.15) is 19.3 Å². The Kier molecular flexibility index (Phi) is 2.26. The number of aliphatic hydroxyl groups excluding tert-OH is 1. The van der Waals surface area contributed by atoms with Gasteiger partial charge in [-0.05, 0) is 18.8 Å². The molecule has 1 saturated heterocycles. The highest BCUT2D eigenvalue weighted by Gasteiger charge is 2.34. The van der Waals surface area contributed by atoms with Gasteiger partial charge in [-0.15, -0.1) is 0 Å². The molecule has 1 aliphatic carbocycles. The number of nitrogens with two attached hydrogens (primary N) is 1. The highest BCUT2D eigenvalue weighted by atomic mass is 16.3. The third-order valence-corrected chi connectivity index (χ3v) is 2.85. The molecule has 1 aliphatic heterocycles. The number of amides is 1. The second kappa shape index (κ2) is 3.27. The third kappa shape index (κ3) is 2.00. The van der Waals surface area contributed by atoms with Crippen LogP contribution in [0.3, 0.4) is 0 Å². The van der Waals surface area contributed by atoms with E-state index in [9.17, 15) is 4.79 Å². The van der Waals surface area contributed by atoms with Crippen LogP contribution in [0.25, 0.3) is 0 Å². The molecule has 0 aromatic heterocycles. The Morgan fingerprint density at radius 1 is 1.54 bits per heavy atom. The molecule has 74 valence electrons. The van der Waals surface area contributed by atoms with Crippen molar-refractivity contribution in [2.24, 2.45) is 11.7 Å². The monoisotopic (exact) mass is 184 g/mol. The molecule has 0 radical (unpaired) electrons. The van der Waals surface area contributed by atoms with Crippen molar-refractivity contribution in [2.45, 2.75) is 31.4 Å². The molecule has 1 saturated carbocycles. The van der Waals surface area contributed by atoms with E-state index in [1.807, 2.05) is 0 Å². The Hall–Kier alpha value is -0.610. The summed E-state index contributed by atoms with van der Waals surface area (Å²) in [7, 11) is 0. The normalized spacial score (nSPS) is 25.5. The first-order valence-corrected chi connectivity index (χ1v) is 4.88. The molecule has 2 rings (SSSR count). The van der Waals surface area contributed by atoms with Crippen molar-refractivity contribution in [1.29, 1.82) is 0 Å². The van der Waals surface area contributed by atoms with Crippen molar-refractivity contribution in [3.8, 4) is 0 Å². The van der Waals surface area contributed by atoms with E-state index in [-0.39, 0.29) is 18.1 Å². The minimum Gasteiger partial charge on any atom is -0.389 e. The van der Waals surface area contributed by atoms with Crippen LogP contribution in [-0.4, -0.2) is 41.1 Å². The zero-order chi connectivity index (χ0) is 9.42. The number of nitrogens with zero attached hydrogens (tertiary/aromatic N) is 1. The Bertz CT molecular complexity index is 210. The predicted octanol–water partition coefficient (Wildman–Crippen LogP) is -0.683. The maximum Gasteiger partial charge on any atom is 0.224 e. The van der Waals surface area contributed by atoms with Gasteiger partial charge in [0.2, 0.25) is 5.91 Å². The molecule has 0 aromatic carbocycles. The molecule has 4 nitrogen and oxygen atoms in total. The van der Waals surface area contributed by atoms with Crippen molar-refractivity contribution in [3.05, 3.63) is 0 Å². The predicted molar refractivity (Wildman–Crippen MR) is 47.9 cm³/mol. The minimum atomic E-state index is -0.305. The van der Waals surface area contributed by atoms with E-state index in [4.69, 9.17) is 10.8 Å². The Labute approximate surface area is 77.7 Å². The number of likely N-dealkylation sites (tertiary alicyclic amines) is 1. The van der Waals surface area contributed by atoms with Gasteiger partial charge in [0.1, 0.15) is 0 Å². The second-order valence-corrected chi connectivity index (χ2v) is 4.16. The summed E-state index contributed by atoms with van der Waals surface area (Å²) < 4.78 is 0. The lowest BCUT2D eigenvalue weighted by Crippen LogP contribution is -2.54. The van der Waals surface area contributed by atoms with E-state index in [0.29, 0.717) is 25.4 Å². The van der Waals surface area contributed by atoms with Gasteiger partial charge < -0.3 is 15.7 Å². The second-order valence-electron chi connectivity index (χ2n) is 4.16. The molecule has 1 amide bonds.